The standard InChI is InChI=1S/C24H48N2O2/c1-3-5-7-9-11-13-15-17-19-21-23(27)26(25)24(28)22-20-18-16-14-12-10-8-6-4-2/h3-22,25H2,1-2H3. The number of hydrogen-bond acceptors (Lipinski definition) is 3. The third-order valence-electron chi connectivity index (χ3n) is 5.53. The zero-order valence-electron chi connectivity index (χ0n) is 19.0. The number of nitrogens with two attached hydrogens (primary N) is 1. The van der Waals surface area contributed by atoms with Crippen LogP contribution in [0.1, 0.15) is 142 Å². The van der Waals surface area contributed by atoms with Crippen LogP contribution >= 0.6 is 0 Å². The highest BCUT2D eigenvalue weighted by Gasteiger charge is 2.16. The van der Waals surface area contributed by atoms with E-state index in [1.165, 1.54) is 89.9 Å². The van der Waals surface area contributed by atoms with Crippen LogP contribution in [0.2, 0.25) is 0 Å². The summed E-state index contributed by atoms with van der Waals surface area (Å²) in [6.45, 7) is 4.47. The molecule has 0 aromatic carbocycles. The molecule has 0 aliphatic carbocycles. The smallest absolute Gasteiger partial charge is 0.243 e. The maximum Gasteiger partial charge on any atom is 0.243 e. The van der Waals surface area contributed by atoms with Gasteiger partial charge in [-0.1, -0.05) is 117 Å². The summed E-state index contributed by atoms with van der Waals surface area (Å²) in [5.74, 6) is 5.28. The minimum Gasteiger partial charge on any atom is -0.273 e. The molecule has 0 aliphatic heterocycles. The lowest BCUT2D eigenvalue weighted by Gasteiger charge is -2.14. The van der Waals surface area contributed by atoms with E-state index >= 15 is 0 Å². The van der Waals surface area contributed by atoms with E-state index in [2.05, 4.69) is 13.8 Å². The van der Waals surface area contributed by atoms with Gasteiger partial charge in [-0.25, -0.2) is 10.9 Å². The van der Waals surface area contributed by atoms with Crippen LogP contribution in [-0.2, 0) is 9.59 Å². The number of hydrazine groups is 1. The lowest BCUT2D eigenvalue weighted by molar-refractivity contribution is -0.145. The molecule has 166 valence electrons. The predicted molar refractivity (Wildman–Crippen MR) is 120 cm³/mol. The summed E-state index contributed by atoms with van der Waals surface area (Å²) in [6.07, 6.45) is 22.7. The van der Waals surface area contributed by atoms with Crippen LogP contribution in [0, 0.1) is 0 Å². The van der Waals surface area contributed by atoms with Gasteiger partial charge in [0, 0.05) is 12.8 Å². The Kier molecular flexibility index (Phi) is 20.2. The molecule has 0 spiro atoms. The highest BCUT2D eigenvalue weighted by Crippen LogP contribution is 2.12. The molecular formula is C24H48N2O2. The summed E-state index contributed by atoms with van der Waals surface area (Å²) < 4.78 is 0. The van der Waals surface area contributed by atoms with Gasteiger partial charge in [-0.3, -0.25) is 9.59 Å². The highest BCUT2D eigenvalue weighted by molar-refractivity contribution is 5.94. The number of unbranched alkanes of at least 4 members (excludes halogenated alkanes) is 16. The van der Waals surface area contributed by atoms with Crippen LogP contribution in [0.25, 0.3) is 0 Å². The summed E-state index contributed by atoms with van der Waals surface area (Å²) in [7, 11) is 0. The Hall–Kier alpha value is -0.900. The summed E-state index contributed by atoms with van der Waals surface area (Å²) in [6, 6.07) is 0. The van der Waals surface area contributed by atoms with E-state index in [1.807, 2.05) is 0 Å². The zero-order chi connectivity index (χ0) is 20.9. The molecule has 0 fully saturated rings. The molecular weight excluding hydrogens is 348 g/mol. The second kappa shape index (κ2) is 20.8. The number of nitrogens with zero attached hydrogens (tertiary/aromatic N) is 1. The third-order valence-corrected chi connectivity index (χ3v) is 5.53. The van der Waals surface area contributed by atoms with Gasteiger partial charge in [0.1, 0.15) is 0 Å². The summed E-state index contributed by atoms with van der Waals surface area (Å²) in [4.78, 5) is 24.1. The van der Waals surface area contributed by atoms with Gasteiger partial charge in [-0.05, 0) is 12.8 Å². The topological polar surface area (TPSA) is 63.4 Å². The third kappa shape index (κ3) is 17.2. The van der Waals surface area contributed by atoms with E-state index in [9.17, 15) is 9.59 Å². The van der Waals surface area contributed by atoms with Gasteiger partial charge < -0.3 is 0 Å². The van der Waals surface area contributed by atoms with Crippen molar-refractivity contribution in [3.63, 3.8) is 0 Å². The molecule has 0 aromatic heterocycles. The molecule has 0 bridgehead atoms. The summed E-state index contributed by atoms with van der Waals surface area (Å²) in [5, 5.41) is 0.871. The fourth-order valence-electron chi connectivity index (χ4n) is 3.55. The average molecular weight is 397 g/mol. The van der Waals surface area contributed by atoms with Crippen molar-refractivity contribution in [2.45, 2.75) is 142 Å². The first-order chi connectivity index (χ1) is 13.6. The molecule has 0 radical (unpaired) electrons. The van der Waals surface area contributed by atoms with Gasteiger partial charge in [0.2, 0.25) is 11.8 Å². The van der Waals surface area contributed by atoms with Crippen molar-refractivity contribution >= 4 is 11.8 Å². The number of imide groups is 1. The largest absolute Gasteiger partial charge is 0.273 e. The van der Waals surface area contributed by atoms with Gasteiger partial charge in [-0.2, -0.15) is 0 Å². The van der Waals surface area contributed by atoms with Crippen LogP contribution in [-0.4, -0.2) is 16.8 Å². The Morgan fingerprint density at radius 2 is 0.750 bits per heavy atom. The molecule has 0 saturated heterocycles. The SMILES string of the molecule is CCCCCCCCCCCC(=O)N(N)C(=O)CCCCCCCCCCC. The summed E-state index contributed by atoms with van der Waals surface area (Å²) in [5.41, 5.74) is 0. The number of carbonyl (C=O) groups is 2. The molecule has 4 heteroatoms. The second-order valence-corrected chi connectivity index (χ2v) is 8.31. The van der Waals surface area contributed by atoms with Crippen molar-refractivity contribution < 1.29 is 9.59 Å². The minimum atomic E-state index is -0.219. The van der Waals surface area contributed by atoms with Gasteiger partial charge in [0.25, 0.3) is 0 Å². The average Bonchev–Trinajstić information content (AvgIpc) is 2.70. The van der Waals surface area contributed by atoms with Crippen molar-refractivity contribution in [2.24, 2.45) is 5.84 Å². The van der Waals surface area contributed by atoms with E-state index < -0.39 is 0 Å². The first-order valence-corrected chi connectivity index (χ1v) is 12.2. The Morgan fingerprint density at radius 1 is 0.500 bits per heavy atom. The van der Waals surface area contributed by atoms with Crippen LogP contribution in [0.3, 0.4) is 0 Å². The van der Waals surface area contributed by atoms with Crippen molar-refractivity contribution in [3.8, 4) is 0 Å². The lowest BCUT2D eigenvalue weighted by atomic mass is 10.1. The molecule has 0 atom stereocenters. The molecule has 0 unspecified atom stereocenters. The van der Waals surface area contributed by atoms with Gasteiger partial charge in [-0.15, -0.1) is 0 Å². The van der Waals surface area contributed by atoms with E-state index in [0.29, 0.717) is 12.8 Å². The van der Waals surface area contributed by atoms with Crippen molar-refractivity contribution in [3.05, 3.63) is 0 Å². The van der Waals surface area contributed by atoms with E-state index in [1.54, 1.807) is 0 Å². The Morgan fingerprint density at radius 3 is 1.04 bits per heavy atom. The van der Waals surface area contributed by atoms with Crippen LogP contribution in [0.15, 0.2) is 0 Å². The normalized spacial score (nSPS) is 11.0. The molecule has 4 nitrogen and oxygen atoms in total. The molecule has 2 amide bonds. The Balaban J connectivity index is 3.52. The van der Waals surface area contributed by atoms with Crippen LogP contribution < -0.4 is 5.84 Å². The highest BCUT2D eigenvalue weighted by atomic mass is 16.2. The zero-order valence-corrected chi connectivity index (χ0v) is 19.0. The van der Waals surface area contributed by atoms with Gasteiger partial charge in [0.15, 0.2) is 0 Å². The van der Waals surface area contributed by atoms with Gasteiger partial charge in [0.05, 0.1) is 0 Å². The van der Waals surface area contributed by atoms with Crippen LogP contribution in [0.5, 0.6) is 0 Å². The monoisotopic (exact) mass is 396 g/mol. The number of hydrogen-bond donors (Lipinski definition) is 1. The maximum absolute atomic E-state index is 12.0. The molecule has 2 N–H and O–H groups in total. The number of carbonyl (C=O) groups excluding carboxylic acids is 2. The molecule has 0 rings (SSSR count). The summed E-state index contributed by atoms with van der Waals surface area (Å²) >= 11 is 0. The Labute approximate surface area is 175 Å². The second-order valence-electron chi connectivity index (χ2n) is 8.31. The predicted octanol–water partition coefficient (Wildman–Crippen LogP) is 7.06. The first kappa shape index (κ1) is 27.1. The van der Waals surface area contributed by atoms with E-state index in [0.717, 1.165) is 30.7 Å². The van der Waals surface area contributed by atoms with Crippen molar-refractivity contribution in [1.82, 2.24) is 5.01 Å². The maximum atomic E-state index is 12.0. The fourth-order valence-corrected chi connectivity index (χ4v) is 3.55. The van der Waals surface area contributed by atoms with Crippen molar-refractivity contribution in [1.29, 1.82) is 0 Å². The molecule has 0 saturated carbocycles. The van der Waals surface area contributed by atoms with E-state index in [-0.39, 0.29) is 11.8 Å². The first-order valence-electron chi connectivity index (χ1n) is 12.2. The Bertz CT molecular complexity index is 338. The number of rotatable bonds is 20. The number of amides is 2. The minimum absolute atomic E-state index is 0.219. The molecule has 0 aliphatic rings. The lowest BCUT2D eigenvalue weighted by Crippen LogP contribution is -2.42. The quantitative estimate of drug-likeness (QED) is 0.104. The van der Waals surface area contributed by atoms with Crippen molar-refractivity contribution in [2.75, 3.05) is 0 Å². The molecule has 0 heterocycles. The fraction of sp³-hybridized carbons (Fsp3) is 0.917. The van der Waals surface area contributed by atoms with E-state index in [4.69, 9.17) is 5.84 Å². The van der Waals surface area contributed by atoms with Gasteiger partial charge >= 0.3 is 0 Å². The molecule has 28 heavy (non-hydrogen) atoms. The van der Waals surface area contributed by atoms with Crippen LogP contribution in [0.4, 0.5) is 0 Å². The molecule has 0 aromatic rings.